The molecule has 2 aromatic carbocycles. The number of aliphatic imine (C=N–C) groups is 1. The number of amides is 1. The Morgan fingerprint density at radius 3 is 2.56 bits per heavy atom. The first kappa shape index (κ1) is 16.8. The van der Waals surface area contributed by atoms with E-state index < -0.39 is 0 Å². The Labute approximate surface area is 150 Å². The van der Waals surface area contributed by atoms with Gasteiger partial charge in [0.05, 0.1) is 16.2 Å². The van der Waals surface area contributed by atoms with Gasteiger partial charge < -0.3 is 10.2 Å². The molecule has 1 heterocycles. The highest BCUT2D eigenvalue weighted by Gasteiger charge is 2.24. The molecule has 0 atom stereocenters. The van der Waals surface area contributed by atoms with Crippen LogP contribution >= 0.6 is 11.8 Å². The van der Waals surface area contributed by atoms with E-state index in [1.807, 2.05) is 55.4 Å². The van der Waals surface area contributed by atoms with E-state index in [1.165, 1.54) is 11.8 Å². The largest absolute Gasteiger partial charge is 0.378 e. The number of amidine groups is 1. The van der Waals surface area contributed by atoms with Crippen LogP contribution < -0.4 is 10.2 Å². The normalized spacial score (nSPS) is 16.8. The summed E-state index contributed by atoms with van der Waals surface area (Å²) in [6, 6.07) is 17.1. The molecular weight excluding hydrogens is 332 g/mol. The molecule has 1 saturated heterocycles. The van der Waals surface area contributed by atoms with E-state index in [0.717, 1.165) is 11.3 Å². The Morgan fingerprint density at radius 1 is 1.16 bits per heavy atom. The van der Waals surface area contributed by atoms with E-state index in [-0.39, 0.29) is 5.91 Å². The van der Waals surface area contributed by atoms with Gasteiger partial charge in [0.15, 0.2) is 5.17 Å². The molecule has 3 rings (SSSR count). The standard InChI is InChI=1S/C19H16N4OS/c1-23(2)15-9-7-13(8-10-15)11-17-18(24)22-19(25-17)21-16-6-4-3-5-14(16)12-20/h3-11H,1-2H3,(H,21,22,24)/b17-11-. The summed E-state index contributed by atoms with van der Waals surface area (Å²) in [7, 11) is 3.96. The molecule has 1 amide bonds. The van der Waals surface area contributed by atoms with E-state index >= 15 is 0 Å². The molecule has 0 spiro atoms. The summed E-state index contributed by atoms with van der Waals surface area (Å²) >= 11 is 1.27. The van der Waals surface area contributed by atoms with Crippen molar-refractivity contribution in [2.75, 3.05) is 19.0 Å². The Morgan fingerprint density at radius 2 is 1.88 bits per heavy atom. The van der Waals surface area contributed by atoms with Crippen LogP contribution in [0.4, 0.5) is 11.4 Å². The lowest BCUT2D eigenvalue weighted by molar-refractivity contribution is -0.115. The van der Waals surface area contributed by atoms with Gasteiger partial charge in [0.1, 0.15) is 6.07 Å². The van der Waals surface area contributed by atoms with Gasteiger partial charge in [-0.15, -0.1) is 0 Å². The number of hydrogen-bond acceptors (Lipinski definition) is 5. The molecule has 1 N–H and O–H groups in total. The second kappa shape index (κ2) is 7.24. The number of para-hydroxylation sites is 1. The molecular formula is C19H16N4OS. The summed E-state index contributed by atoms with van der Waals surface area (Å²) in [5.74, 6) is -0.185. The maximum atomic E-state index is 12.2. The maximum absolute atomic E-state index is 12.2. The monoisotopic (exact) mass is 348 g/mol. The molecule has 0 saturated carbocycles. The second-order valence-electron chi connectivity index (χ2n) is 5.60. The van der Waals surface area contributed by atoms with Crippen LogP contribution in [0.15, 0.2) is 58.4 Å². The molecule has 2 aromatic rings. The lowest BCUT2D eigenvalue weighted by atomic mass is 10.2. The molecule has 0 aromatic heterocycles. The summed E-state index contributed by atoms with van der Waals surface area (Å²) in [6.45, 7) is 0. The van der Waals surface area contributed by atoms with Crippen molar-refractivity contribution in [1.82, 2.24) is 5.32 Å². The number of nitriles is 1. The van der Waals surface area contributed by atoms with Gasteiger partial charge in [0, 0.05) is 19.8 Å². The van der Waals surface area contributed by atoms with E-state index in [1.54, 1.807) is 18.2 Å². The molecule has 0 aliphatic carbocycles. The molecule has 6 heteroatoms. The number of benzene rings is 2. The van der Waals surface area contributed by atoms with Crippen LogP contribution in [0.3, 0.4) is 0 Å². The summed E-state index contributed by atoms with van der Waals surface area (Å²) in [4.78, 5) is 19.1. The fourth-order valence-electron chi connectivity index (χ4n) is 2.28. The quantitative estimate of drug-likeness (QED) is 0.862. The zero-order valence-corrected chi connectivity index (χ0v) is 14.7. The number of hydrogen-bond donors (Lipinski definition) is 1. The van der Waals surface area contributed by atoms with Crippen LogP contribution in [-0.4, -0.2) is 25.2 Å². The minimum atomic E-state index is -0.185. The molecule has 1 fully saturated rings. The number of rotatable bonds is 3. The first-order chi connectivity index (χ1) is 12.1. The van der Waals surface area contributed by atoms with Gasteiger partial charge >= 0.3 is 0 Å². The van der Waals surface area contributed by atoms with Crippen LogP contribution in [0.2, 0.25) is 0 Å². The van der Waals surface area contributed by atoms with Crippen molar-refractivity contribution in [3.05, 3.63) is 64.6 Å². The van der Waals surface area contributed by atoms with E-state index in [4.69, 9.17) is 5.26 Å². The first-order valence-electron chi connectivity index (χ1n) is 7.63. The number of thioether (sulfide) groups is 1. The number of nitrogens with one attached hydrogen (secondary N) is 1. The topological polar surface area (TPSA) is 68.5 Å². The van der Waals surface area contributed by atoms with Crippen LogP contribution in [-0.2, 0) is 4.79 Å². The molecule has 0 radical (unpaired) electrons. The van der Waals surface area contributed by atoms with Gasteiger partial charge in [0.25, 0.3) is 5.91 Å². The van der Waals surface area contributed by atoms with Gasteiger partial charge in [-0.25, -0.2) is 4.99 Å². The average Bonchev–Trinajstić information content (AvgIpc) is 2.95. The van der Waals surface area contributed by atoms with Crippen molar-refractivity contribution in [3.63, 3.8) is 0 Å². The lowest BCUT2D eigenvalue weighted by Gasteiger charge is -2.11. The molecule has 1 aliphatic rings. The van der Waals surface area contributed by atoms with Crippen molar-refractivity contribution in [2.24, 2.45) is 4.99 Å². The summed E-state index contributed by atoms with van der Waals surface area (Å²) in [6.07, 6.45) is 1.83. The zero-order chi connectivity index (χ0) is 17.8. The van der Waals surface area contributed by atoms with Crippen LogP contribution in [0.25, 0.3) is 6.08 Å². The Hall–Kier alpha value is -3.04. The van der Waals surface area contributed by atoms with Gasteiger partial charge in [-0.3, -0.25) is 4.79 Å². The number of nitrogens with zero attached hydrogens (tertiary/aromatic N) is 3. The third-order valence-electron chi connectivity index (χ3n) is 3.60. The molecule has 1 aliphatic heterocycles. The van der Waals surface area contributed by atoms with Gasteiger partial charge in [-0.1, -0.05) is 24.3 Å². The SMILES string of the molecule is CN(C)c1ccc(/C=C2\SC(=Nc3ccccc3C#N)NC2=O)cc1. The Balaban J connectivity index is 1.83. The van der Waals surface area contributed by atoms with Crippen molar-refractivity contribution >= 4 is 40.3 Å². The van der Waals surface area contributed by atoms with Crippen molar-refractivity contribution in [3.8, 4) is 6.07 Å². The minimum Gasteiger partial charge on any atom is -0.378 e. The van der Waals surface area contributed by atoms with Gasteiger partial charge in [-0.2, -0.15) is 5.26 Å². The highest BCUT2D eigenvalue weighted by Crippen LogP contribution is 2.29. The fraction of sp³-hybridized carbons (Fsp3) is 0.105. The summed E-state index contributed by atoms with van der Waals surface area (Å²) < 4.78 is 0. The fourth-order valence-corrected chi connectivity index (χ4v) is 3.11. The zero-order valence-electron chi connectivity index (χ0n) is 13.9. The van der Waals surface area contributed by atoms with E-state index in [0.29, 0.717) is 21.3 Å². The van der Waals surface area contributed by atoms with Gasteiger partial charge in [0.2, 0.25) is 0 Å². The molecule has 0 bridgehead atoms. The maximum Gasteiger partial charge on any atom is 0.264 e. The van der Waals surface area contributed by atoms with Crippen LogP contribution in [0.1, 0.15) is 11.1 Å². The average molecular weight is 348 g/mol. The third kappa shape index (κ3) is 3.90. The van der Waals surface area contributed by atoms with E-state index in [9.17, 15) is 4.79 Å². The minimum absolute atomic E-state index is 0.185. The number of anilines is 1. The van der Waals surface area contributed by atoms with Gasteiger partial charge in [-0.05, 0) is 47.7 Å². The van der Waals surface area contributed by atoms with Crippen molar-refractivity contribution in [1.29, 1.82) is 5.26 Å². The van der Waals surface area contributed by atoms with Crippen LogP contribution in [0, 0.1) is 11.3 Å². The summed E-state index contributed by atoms with van der Waals surface area (Å²) in [5.41, 5.74) is 3.06. The number of carbonyl (C=O) groups excluding carboxylic acids is 1. The predicted octanol–water partition coefficient (Wildman–Crippen LogP) is 3.52. The molecule has 0 unspecified atom stereocenters. The highest BCUT2D eigenvalue weighted by atomic mass is 32.2. The van der Waals surface area contributed by atoms with E-state index in [2.05, 4.69) is 16.4 Å². The smallest absolute Gasteiger partial charge is 0.264 e. The molecule has 25 heavy (non-hydrogen) atoms. The first-order valence-corrected chi connectivity index (χ1v) is 8.44. The predicted molar refractivity (Wildman–Crippen MR) is 103 cm³/mol. The molecule has 124 valence electrons. The van der Waals surface area contributed by atoms with Crippen molar-refractivity contribution < 1.29 is 4.79 Å². The van der Waals surface area contributed by atoms with Crippen LogP contribution in [0.5, 0.6) is 0 Å². The Bertz CT molecular complexity index is 908. The summed E-state index contributed by atoms with van der Waals surface area (Å²) in [5, 5.41) is 12.3. The van der Waals surface area contributed by atoms with Crippen molar-refractivity contribution in [2.45, 2.75) is 0 Å². The third-order valence-corrected chi connectivity index (χ3v) is 4.51. The highest BCUT2D eigenvalue weighted by molar-refractivity contribution is 8.18. The molecule has 5 nitrogen and oxygen atoms in total. The number of carbonyl (C=O) groups is 1. The lowest BCUT2D eigenvalue weighted by Crippen LogP contribution is -2.19. The second-order valence-corrected chi connectivity index (χ2v) is 6.63. The Kier molecular flexibility index (Phi) is 4.87.